The number of anilines is 2. The number of hydrogen-bond donors (Lipinski definition) is 1. The van der Waals surface area contributed by atoms with Crippen molar-refractivity contribution < 1.29 is 19.4 Å². The smallest absolute Gasteiger partial charge is 0.410 e. The van der Waals surface area contributed by atoms with E-state index in [9.17, 15) is 14.7 Å². The highest BCUT2D eigenvalue weighted by atomic mass is 16.6. The van der Waals surface area contributed by atoms with Crippen LogP contribution in [-0.2, 0) is 9.53 Å². The summed E-state index contributed by atoms with van der Waals surface area (Å²) in [6.45, 7) is 5.36. The number of fused-ring (bicyclic) bond motifs is 1. The van der Waals surface area contributed by atoms with E-state index in [1.807, 2.05) is 12.3 Å². The van der Waals surface area contributed by atoms with Crippen LogP contribution < -0.4 is 9.80 Å². The van der Waals surface area contributed by atoms with Crippen LogP contribution in [0, 0.1) is 5.92 Å². The third kappa shape index (κ3) is 4.48. The molecule has 1 amide bonds. The Bertz CT molecular complexity index is 956. The van der Waals surface area contributed by atoms with Gasteiger partial charge in [-0.1, -0.05) is 0 Å². The molecule has 1 aliphatic carbocycles. The Morgan fingerprint density at radius 1 is 0.889 bits per heavy atom. The fourth-order valence-electron chi connectivity index (χ4n) is 7.13. The molecule has 5 fully saturated rings. The van der Waals surface area contributed by atoms with Gasteiger partial charge < -0.3 is 19.6 Å². The number of ether oxygens (including phenoxy) is 1. The summed E-state index contributed by atoms with van der Waals surface area (Å²) in [4.78, 5) is 42.9. The molecule has 5 aliphatic rings. The van der Waals surface area contributed by atoms with Crippen LogP contribution in [0.25, 0.3) is 0 Å². The van der Waals surface area contributed by atoms with E-state index in [-0.39, 0.29) is 36.2 Å². The Hall–Kier alpha value is -2.62. The number of carboxylic acid groups (broad SMARTS) is 1. The van der Waals surface area contributed by atoms with Crippen molar-refractivity contribution in [2.45, 2.75) is 82.0 Å². The number of carbonyl (C=O) groups excluding carboxylic acids is 1. The summed E-state index contributed by atoms with van der Waals surface area (Å²) >= 11 is 0. The molecule has 0 spiro atoms. The second-order valence-corrected chi connectivity index (χ2v) is 11.1. The van der Waals surface area contributed by atoms with Gasteiger partial charge in [0.2, 0.25) is 5.95 Å². The zero-order valence-electron chi connectivity index (χ0n) is 21.0. The molecule has 0 aromatic carbocycles. The first kappa shape index (κ1) is 23.8. The monoisotopic (exact) mass is 498 g/mol. The quantitative estimate of drug-likeness (QED) is 0.656. The van der Waals surface area contributed by atoms with Gasteiger partial charge in [0, 0.05) is 44.5 Å². The number of carboxylic acids is 1. The molecule has 1 N–H and O–H groups in total. The summed E-state index contributed by atoms with van der Waals surface area (Å²) in [7, 11) is 0. The van der Waals surface area contributed by atoms with Crippen LogP contribution in [0.15, 0.2) is 12.3 Å². The average molecular weight is 499 g/mol. The molecule has 4 aliphatic heterocycles. The molecule has 10 nitrogen and oxygen atoms in total. The number of piperidine rings is 2. The van der Waals surface area contributed by atoms with Gasteiger partial charge in [0.1, 0.15) is 11.9 Å². The molecule has 1 saturated carbocycles. The number of amides is 1. The lowest BCUT2D eigenvalue weighted by atomic mass is 9.84. The van der Waals surface area contributed by atoms with E-state index >= 15 is 0 Å². The molecule has 0 radical (unpaired) electrons. The Morgan fingerprint density at radius 2 is 1.61 bits per heavy atom. The minimum absolute atomic E-state index is 0.101. The molecule has 0 bridgehead atoms. The summed E-state index contributed by atoms with van der Waals surface area (Å²) in [6, 6.07) is 2.53. The standard InChI is InChI=1S/C26H38N6O4/c33-24(34)18-7-14-29(15-8-18)20-4-3-5-21-23(20)36-26(35)32(21)19-9-16-30(17-10-19)22-6-11-27-25(28-22)31-12-1-2-13-31/h6,11,18-21,23H,1-5,7-10,12-17H2,(H,33,34). The number of likely N-dealkylation sites (tertiary alicyclic amines) is 1. The van der Waals surface area contributed by atoms with Crippen molar-refractivity contribution in [3.63, 3.8) is 0 Å². The Labute approximate surface area is 212 Å². The van der Waals surface area contributed by atoms with Crippen molar-refractivity contribution in [2.75, 3.05) is 49.1 Å². The van der Waals surface area contributed by atoms with E-state index in [4.69, 9.17) is 9.72 Å². The maximum absolute atomic E-state index is 13.1. The van der Waals surface area contributed by atoms with Crippen molar-refractivity contribution in [3.8, 4) is 0 Å². The fourth-order valence-corrected chi connectivity index (χ4v) is 7.13. The molecule has 1 aromatic heterocycles. The lowest BCUT2D eigenvalue weighted by Gasteiger charge is -2.44. The Balaban J connectivity index is 1.08. The molecule has 10 heteroatoms. The lowest BCUT2D eigenvalue weighted by Crippen LogP contribution is -2.56. The first-order valence-electron chi connectivity index (χ1n) is 13.9. The van der Waals surface area contributed by atoms with Crippen molar-refractivity contribution in [3.05, 3.63) is 12.3 Å². The molecule has 3 atom stereocenters. The first-order chi connectivity index (χ1) is 17.6. The number of rotatable bonds is 5. The fraction of sp³-hybridized carbons (Fsp3) is 0.769. The van der Waals surface area contributed by atoms with Crippen LogP contribution in [0.4, 0.5) is 16.6 Å². The van der Waals surface area contributed by atoms with Crippen LogP contribution in [0.3, 0.4) is 0 Å². The van der Waals surface area contributed by atoms with Gasteiger partial charge in [-0.2, -0.15) is 4.98 Å². The predicted octanol–water partition coefficient (Wildman–Crippen LogP) is 2.58. The van der Waals surface area contributed by atoms with Crippen LogP contribution in [0.1, 0.15) is 57.8 Å². The predicted molar refractivity (Wildman–Crippen MR) is 134 cm³/mol. The minimum Gasteiger partial charge on any atom is -0.481 e. The topological polar surface area (TPSA) is 102 Å². The van der Waals surface area contributed by atoms with E-state index in [0.717, 1.165) is 83.1 Å². The maximum atomic E-state index is 13.1. The van der Waals surface area contributed by atoms with E-state index in [1.54, 1.807) is 0 Å². The van der Waals surface area contributed by atoms with Gasteiger partial charge in [-0.3, -0.25) is 14.6 Å². The van der Waals surface area contributed by atoms with Crippen LogP contribution in [0.5, 0.6) is 0 Å². The summed E-state index contributed by atoms with van der Waals surface area (Å²) in [5.41, 5.74) is 0. The third-order valence-electron chi connectivity index (χ3n) is 9.11. The van der Waals surface area contributed by atoms with Gasteiger partial charge in [0.15, 0.2) is 0 Å². The summed E-state index contributed by atoms with van der Waals surface area (Å²) in [5, 5.41) is 9.35. The zero-order chi connectivity index (χ0) is 24.6. The van der Waals surface area contributed by atoms with Gasteiger partial charge in [-0.15, -0.1) is 0 Å². The lowest BCUT2D eigenvalue weighted by molar-refractivity contribution is -0.143. The number of carbonyl (C=O) groups is 2. The molecule has 1 aromatic rings. The van der Waals surface area contributed by atoms with E-state index in [0.29, 0.717) is 12.8 Å². The van der Waals surface area contributed by atoms with Crippen LogP contribution >= 0.6 is 0 Å². The normalized spacial score (nSPS) is 30.5. The average Bonchev–Trinajstić information content (AvgIpc) is 3.57. The number of nitrogens with zero attached hydrogens (tertiary/aromatic N) is 6. The molecular formula is C26H38N6O4. The number of aliphatic carboxylic acids is 1. The first-order valence-corrected chi connectivity index (χ1v) is 13.9. The van der Waals surface area contributed by atoms with Gasteiger partial charge in [-0.25, -0.2) is 9.78 Å². The zero-order valence-corrected chi connectivity index (χ0v) is 21.0. The van der Waals surface area contributed by atoms with Crippen molar-refractivity contribution in [1.82, 2.24) is 19.8 Å². The van der Waals surface area contributed by atoms with E-state index < -0.39 is 5.97 Å². The third-order valence-corrected chi connectivity index (χ3v) is 9.11. The van der Waals surface area contributed by atoms with Gasteiger partial charge in [-0.05, 0) is 76.9 Å². The van der Waals surface area contributed by atoms with Gasteiger partial charge >= 0.3 is 12.1 Å². The van der Waals surface area contributed by atoms with Gasteiger partial charge in [0.05, 0.1) is 12.0 Å². The van der Waals surface area contributed by atoms with Gasteiger partial charge in [0.25, 0.3) is 0 Å². The highest BCUT2D eigenvalue weighted by Gasteiger charge is 2.51. The maximum Gasteiger partial charge on any atom is 0.410 e. The molecule has 196 valence electrons. The molecule has 3 unspecified atom stereocenters. The number of aromatic nitrogens is 2. The minimum atomic E-state index is -0.685. The van der Waals surface area contributed by atoms with Crippen molar-refractivity contribution in [1.29, 1.82) is 0 Å². The highest BCUT2D eigenvalue weighted by molar-refractivity contribution is 5.72. The highest BCUT2D eigenvalue weighted by Crippen LogP contribution is 2.39. The summed E-state index contributed by atoms with van der Waals surface area (Å²) in [6.07, 6.45) is 10.3. The van der Waals surface area contributed by atoms with E-state index in [1.165, 1.54) is 12.8 Å². The molecule has 4 saturated heterocycles. The van der Waals surface area contributed by atoms with Crippen LogP contribution in [-0.4, -0.2) is 100 Å². The van der Waals surface area contributed by atoms with Crippen molar-refractivity contribution in [2.24, 2.45) is 5.92 Å². The molecule has 6 rings (SSSR count). The largest absolute Gasteiger partial charge is 0.481 e. The molecule has 36 heavy (non-hydrogen) atoms. The summed E-state index contributed by atoms with van der Waals surface area (Å²) in [5.74, 6) is 0.887. The second-order valence-electron chi connectivity index (χ2n) is 11.1. The SMILES string of the molecule is O=C(O)C1CCN(C2CCCC3C2OC(=O)N3C2CCN(c3ccnc(N4CCCC4)n3)CC2)CC1. The number of hydrogen-bond acceptors (Lipinski definition) is 8. The Kier molecular flexibility index (Phi) is 6.62. The Morgan fingerprint density at radius 3 is 2.33 bits per heavy atom. The van der Waals surface area contributed by atoms with Crippen LogP contribution in [0.2, 0.25) is 0 Å². The molecular weight excluding hydrogens is 460 g/mol. The van der Waals surface area contributed by atoms with Crippen molar-refractivity contribution >= 4 is 23.8 Å². The van der Waals surface area contributed by atoms with E-state index in [2.05, 4.69) is 24.6 Å². The second kappa shape index (κ2) is 10.0. The summed E-state index contributed by atoms with van der Waals surface area (Å²) < 4.78 is 6.04. The molecule has 5 heterocycles.